The normalized spacial score (nSPS) is 10.5. The Balaban J connectivity index is 3.17. The Labute approximate surface area is 106 Å². The fraction of sp³-hybridized carbons (Fsp3) is 0.167. The molecule has 0 saturated carbocycles. The van der Waals surface area contributed by atoms with Crippen molar-refractivity contribution < 1.29 is 5.11 Å². The van der Waals surface area contributed by atoms with Crippen molar-refractivity contribution in [3.05, 3.63) is 38.1 Å². The van der Waals surface area contributed by atoms with Crippen LogP contribution in [-0.2, 0) is 7.05 Å². The smallest absolute Gasteiger partial charge is 0.272 e. The molecule has 1 aromatic carbocycles. The topological polar surface area (TPSA) is 66.0 Å². The number of aromatic hydroxyl groups is 1. The molecule has 0 aliphatic carbocycles. The van der Waals surface area contributed by atoms with Crippen LogP contribution in [0.25, 0.3) is 10.9 Å². The summed E-state index contributed by atoms with van der Waals surface area (Å²) in [6.07, 6.45) is 0. The van der Waals surface area contributed by atoms with Gasteiger partial charge < -0.3 is 9.67 Å². The molecule has 4 nitrogen and oxygen atoms in total. The minimum Gasteiger partial charge on any atom is -0.506 e. The zero-order valence-corrected chi connectivity index (χ0v) is 10.9. The molecule has 1 aromatic heterocycles. The van der Waals surface area contributed by atoms with Gasteiger partial charge in [0.2, 0.25) is 0 Å². The molecule has 0 unspecified atom stereocenters. The minimum atomic E-state index is -0.498. The highest BCUT2D eigenvalue weighted by Crippen LogP contribution is 2.31. The first-order chi connectivity index (χ1) is 7.97. The minimum absolute atomic E-state index is 0.225. The van der Waals surface area contributed by atoms with E-state index >= 15 is 0 Å². The first-order valence-corrected chi connectivity index (χ1v) is 5.68. The quantitative estimate of drug-likeness (QED) is 0.809. The summed E-state index contributed by atoms with van der Waals surface area (Å²) in [5.74, 6) is -0.255. The van der Waals surface area contributed by atoms with Gasteiger partial charge in [0.1, 0.15) is 11.8 Å². The number of nitrogens with zero attached hydrogens (tertiary/aromatic N) is 2. The lowest BCUT2D eigenvalue weighted by Gasteiger charge is -2.10. The summed E-state index contributed by atoms with van der Waals surface area (Å²) in [5, 5.41) is 19.3. The van der Waals surface area contributed by atoms with E-state index in [0.717, 1.165) is 5.56 Å². The number of hydrogen-bond acceptors (Lipinski definition) is 3. The van der Waals surface area contributed by atoms with Crippen LogP contribution in [0.4, 0.5) is 0 Å². The van der Waals surface area contributed by atoms with Crippen molar-refractivity contribution in [2.75, 3.05) is 0 Å². The SMILES string of the molecule is Cc1cc(Br)c2c(c1)c(O)c(C#N)c(=O)n2C. The van der Waals surface area contributed by atoms with E-state index in [-0.39, 0.29) is 11.3 Å². The number of fused-ring (bicyclic) bond motifs is 1. The van der Waals surface area contributed by atoms with Gasteiger partial charge in [-0.1, -0.05) is 0 Å². The molecule has 5 heteroatoms. The lowest BCUT2D eigenvalue weighted by atomic mass is 10.1. The van der Waals surface area contributed by atoms with Gasteiger partial charge >= 0.3 is 0 Å². The van der Waals surface area contributed by atoms with Gasteiger partial charge in [-0.25, -0.2) is 0 Å². The number of hydrogen-bond donors (Lipinski definition) is 1. The first kappa shape index (κ1) is 11.7. The van der Waals surface area contributed by atoms with Gasteiger partial charge in [0, 0.05) is 16.9 Å². The number of rotatable bonds is 0. The Kier molecular flexibility index (Phi) is 2.68. The molecule has 0 aliphatic rings. The monoisotopic (exact) mass is 292 g/mol. The summed E-state index contributed by atoms with van der Waals surface area (Å²) >= 11 is 3.36. The molecule has 2 aromatic rings. The van der Waals surface area contributed by atoms with Crippen LogP contribution in [-0.4, -0.2) is 9.67 Å². The molecule has 2 rings (SSSR count). The summed E-state index contributed by atoms with van der Waals surface area (Å²) in [6, 6.07) is 5.34. The van der Waals surface area contributed by atoms with E-state index in [2.05, 4.69) is 15.9 Å². The number of aromatic nitrogens is 1. The Bertz CT molecular complexity index is 726. The van der Waals surface area contributed by atoms with Crippen LogP contribution in [0.3, 0.4) is 0 Å². The average Bonchev–Trinajstić information content (AvgIpc) is 2.26. The molecule has 1 heterocycles. The third kappa shape index (κ3) is 1.61. The third-order valence-corrected chi connectivity index (χ3v) is 3.27. The van der Waals surface area contributed by atoms with E-state index < -0.39 is 5.56 Å². The molecule has 0 aliphatic heterocycles. The van der Waals surface area contributed by atoms with Gasteiger partial charge in [-0.05, 0) is 40.5 Å². The van der Waals surface area contributed by atoms with Crippen molar-refractivity contribution in [2.45, 2.75) is 6.92 Å². The van der Waals surface area contributed by atoms with Crippen molar-refractivity contribution in [2.24, 2.45) is 7.05 Å². The molecule has 0 bridgehead atoms. The highest BCUT2D eigenvalue weighted by molar-refractivity contribution is 9.10. The lowest BCUT2D eigenvalue weighted by molar-refractivity contribution is 0.477. The Morgan fingerprint density at radius 1 is 1.47 bits per heavy atom. The molecule has 0 saturated heterocycles. The van der Waals surface area contributed by atoms with Crippen LogP contribution in [0.5, 0.6) is 5.75 Å². The maximum atomic E-state index is 11.8. The van der Waals surface area contributed by atoms with Gasteiger partial charge in [0.15, 0.2) is 5.56 Å². The van der Waals surface area contributed by atoms with Gasteiger partial charge in [0.25, 0.3) is 5.56 Å². The Morgan fingerprint density at radius 3 is 2.71 bits per heavy atom. The van der Waals surface area contributed by atoms with Crippen molar-refractivity contribution in [3.8, 4) is 11.8 Å². The number of benzene rings is 1. The molecular weight excluding hydrogens is 284 g/mol. The van der Waals surface area contributed by atoms with Crippen LogP contribution >= 0.6 is 15.9 Å². The van der Waals surface area contributed by atoms with E-state index in [9.17, 15) is 9.90 Å². The van der Waals surface area contributed by atoms with Crippen LogP contribution in [0.2, 0.25) is 0 Å². The van der Waals surface area contributed by atoms with Crippen LogP contribution in [0.1, 0.15) is 11.1 Å². The van der Waals surface area contributed by atoms with E-state index in [0.29, 0.717) is 15.4 Å². The van der Waals surface area contributed by atoms with Crippen molar-refractivity contribution in [3.63, 3.8) is 0 Å². The second kappa shape index (κ2) is 3.90. The second-order valence-corrected chi connectivity index (χ2v) is 4.70. The molecule has 0 radical (unpaired) electrons. The summed E-state index contributed by atoms with van der Waals surface area (Å²) in [6.45, 7) is 1.88. The summed E-state index contributed by atoms with van der Waals surface area (Å²) in [7, 11) is 1.57. The Morgan fingerprint density at radius 2 is 2.12 bits per heavy atom. The Hall–Kier alpha value is -1.80. The van der Waals surface area contributed by atoms with Crippen LogP contribution in [0, 0.1) is 18.3 Å². The number of nitriles is 1. The fourth-order valence-electron chi connectivity index (χ4n) is 1.86. The van der Waals surface area contributed by atoms with Gasteiger partial charge in [-0.15, -0.1) is 0 Å². The number of pyridine rings is 1. The summed E-state index contributed by atoms with van der Waals surface area (Å²) in [4.78, 5) is 11.8. The largest absolute Gasteiger partial charge is 0.506 e. The molecular formula is C12H9BrN2O2. The van der Waals surface area contributed by atoms with Gasteiger partial charge in [-0.2, -0.15) is 5.26 Å². The molecule has 0 atom stereocenters. The zero-order valence-electron chi connectivity index (χ0n) is 9.28. The molecule has 0 fully saturated rings. The molecule has 0 spiro atoms. The van der Waals surface area contributed by atoms with Gasteiger partial charge in [0.05, 0.1) is 5.52 Å². The van der Waals surface area contributed by atoms with E-state index in [1.54, 1.807) is 19.2 Å². The summed E-state index contributed by atoms with van der Waals surface area (Å²) < 4.78 is 2.07. The van der Waals surface area contributed by atoms with Crippen LogP contribution < -0.4 is 5.56 Å². The standard InChI is InChI=1S/C12H9BrN2O2/c1-6-3-7-10(9(13)4-6)15(2)12(17)8(5-14)11(7)16/h3-4,16H,1-2H3. The molecule has 17 heavy (non-hydrogen) atoms. The number of aryl methyl sites for hydroxylation is 2. The highest BCUT2D eigenvalue weighted by Gasteiger charge is 2.16. The second-order valence-electron chi connectivity index (χ2n) is 3.84. The average molecular weight is 293 g/mol. The van der Waals surface area contributed by atoms with Crippen molar-refractivity contribution in [1.29, 1.82) is 5.26 Å². The third-order valence-electron chi connectivity index (χ3n) is 2.67. The number of halogens is 1. The summed E-state index contributed by atoms with van der Waals surface area (Å²) in [5.41, 5.74) is 0.791. The fourth-order valence-corrected chi connectivity index (χ4v) is 2.70. The van der Waals surface area contributed by atoms with Crippen LogP contribution in [0.15, 0.2) is 21.4 Å². The molecule has 0 amide bonds. The first-order valence-electron chi connectivity index (χ1n) is 4.89. The maximum absolute atomic E-state index is 11.8. The van der Waals surface area contributed by atoms with Gasteiger partial charge in [-0.3, -0.25) is 4.79 Å². The maximum Gasteiger partial charge on any atom is 0.272 e. The van der Waals surface area contributed by atoms with E-state index in [1.807, 2.05) is 13.0 Å². The van der Waals surface area contributed by atoms with Crippen molar-refractivity contribution >= 4 is 26.8 Å². The lowest BCUT2D eigenvalue weighted by Crippen LogP contribution is -2.20. The molecule has 1 N–H and O–H groups in total. The predicted molar refractivity (Wildman–Crippen MR) is 68.0 cm³/mol. The van der Waals surface area contributed by atoms with Crippen molar-refractivity contribution in [1.82, 2.24) is 4.57 Å². The zero-order chi connectivity index (χ0) is 12.7. The van der Waals surface area contributed by atoms with E-state index in [1.165, 1.54) is 4.57 Å². The predicted octanol–water partition coefficient (Wildman–Crippen LogP) is 2.19. The molecule has 86 valence electrons. The highest BCUT2D eigenvalue weighted by atomic mass is 79.9. The van der Waals surface area contributed by atoms with E-state index in [4.69, 9.17) is 5.26 Å².